The summed E-state index contributed by atoms with van der Waals surface area (Å²) in [4.78, 5) is 4.22. The predicted octanol–water partition coefficient (Wildman–Crippen LogP) is 1.93. The van der Waals surface area contributed by atoms with E-state index in [2.05, 4.69) is 22.4 Å². The van der Waals surface area contributed by atoms with E-state index < -0.39 is 0 Å². The zero-order valence-corrected chi connectivity index (χ0v) is 10.2. The molecule has 1 aliphatic heterocycles. The second-order valence-corrected chi connectivity index (χ2v) is 4.97. The molecule has 2 rings (SSSR count). The molecular weight excluding hydrogens is 220 g/mol. The van der Waals surface area contributed by atoms with Gasteiger partial charge in [0.2, 0.25) is 0 Å². The number of benzene rings is 1. The molecular formula is C12H16N2OS. The first-order valence-corrected chi connectivity index (χ1v) is 6.39. The highest BCUT2D eigenvalue weighted by Gasteiger charge is 2.10. The average molecular weight is 236 g/mol. The molecule has 4 heteroatoms. The van der Waals surface area contributed by atoms with E-state index >= 15 is 0 Å². The lowest BCUT2D eigenvalue weighted by atomic mass is 10.2. The minimum absolute atomic E-state index is 0.590. The number of thioether (sulfide) groups is 1. The Morgan fingerprint density at radius 3 is 2.88 bits per heavy atom. The Morgan fingerprint density at radius 1 is 1.44 bits per heavy atom. The number of nitrogens with one attached hydrogen (secondary N) is 1. The van der Waals surface area contributed by atoms with Crippen LogP contribution in [0.4, 0.5) is 0 Å². The third kappa shape index (κ3) is 3.17. The monoisotopic (exact) mass is 236 g/mol. The Kier molecular flexibility index (Phi) is 4.10. The zero-order valence-electron chi connectivity index (χ0n) is 9.35. The summed E-state index contributed by atoms with van der Waals surface area (Å²) in [5.41, 5.74) is 1.33. The smallest absolute Gasteiger partial charge is 0.118 e. The Labute approximate surface area is 100 Å². The van der Waals surface area contributed by atoms with Crippen molar-refractivity contribution in [2.45, 2.75) is 11.0 Å². The van der Waals surface area contributed by atoms with Gasteiger partial charge >= 0.3 is 0 Å². The zero-order chi connectivity index (χ0) is 11.2. The number of aliphatic imine (C=N–C) groups is 1. The van der Waals surface area contributed by atoms with Crippen molar-refractivity contribution in [2.24, 2.45) is 4.99 Å². The van der Waals surface area contributed by atoms with Gasteiger partial charge in [0, 0.05) is 17.5 Å². The number of ether oxygens (including phenoxy) is 1. The van der Waals surface area contributed by atoms with Gasteiger partial charge < -0.3 is 10.1 Å². The van der Waals surface area contributed by atoms with E-state index in [-0.39, 0.29) is 0 Å². The lowest BCUT2D eigenvalue weighted by Gasteiger charge is -2.17. The molecule has 0 saturated carbocycles. The molecule has 0 fully saturated rings. The summed E-state index contributed by atoms with van der Waals surface area (Å²) in [6.07, 6.45) is 1.80. The number of nitrogens with zero attached hydrogens (tertiary/aromatic N) is 1. The van der Waals surface area contributed by atoms with Crippen LogP contribution in [0, 0.1) is 0 Å². The Balaban J connectivity index is 1.82. The average Bonchev–Trinajstić information content (AvgIpc) is 2.38. The first-order valence-electron chi connectivity index (χ1n) is 5.34. The molecule has 1 atom stereocenters. The van der Waals surface area contributed by atoms with Crippen molar-refractivity contribution in [1.82, 2.24) is 5.32 Å². The molecule has 16 heavy (non-hydrogen) atoms. The number of rotatable bonds is 4. The minimum atomic E-state index is 0.590. The van der Waals surface area contributed by atoms with Crippen LogP contribution in [-0.2, 0) is 5.75 Å². The third-order valence-electron chi connectivity index (χ3n) is 2.48. The van der Waals surface area contributed by atoms with Crippen LogP contribution in [0.2, 0.25) is 0 Å². The summed E-state index contributed by atoms with van der Waals surface area (Å²) >= 11 is 1.95. The minimum Gasteiger partial charge on any atom is -0.497 e. The van der Waals surface area contributed by atoms with Crippen LogP contribution in [0.5, 0.6) is 5.75 Å². The second-order valence-electron chi connectivity index (χ2n) is 3.68. The van der Waals surface area contributed by atoms with E-state index in [4.69, 9.17) is 4.74 Å². The van der Waals surface area contributed by atoms with Crippen molar-refractivity contribution in [2.75, 3.05) is 20.2 Å². The Hall–Kier alpha value is -1.16. The fraction of sp³-hybridized carbons (Fsp3) is 0.417. The topological polar surface area (TPSA) is 33.6 Å². The van der Waals surface area contributed by atoms with E-state index in [0.29, 0.717) is 5.25 Å². The van der Waals surface area contributed by atoms with Gasteiger partial charge in [0.05, 0.1) is 20.0 Å². The van der Waals surface area contributed by atoms with Gasteiger partial charge in [0.1, 0.15) is 5.75 Å². The molecule has 0 aromatic heterocycles. The summed E-state index contributed by atoms with van der Waals surface area (Å²) in [6, 6.07) is 8.25. The fourth-order valence-electron chi connectivity index (χ4n) is 1.53. The molecule has 86 valence electrons. The molecule has 1 N–H and O–H groups in total. The van der Waals surface area contributed by atoms with Crippen LogP contribution < -0.4 is 10.1 Å². The van der Waals surface area contributed by atoms with Gasteiger partial charge in [-0.15, -0.1) is 0 Å². The summed E-state index contributed by atoms with van der Waals surface area (Å²) in [5, 5.41) is 3.75. The molecule has 1 unspecified atom stereocenters. The van der Waals surface area contributed by atoms with Crippen molar-refractivity contribution >= 4 is 18.1 Å². The molecule has 0 radical (unpaired) electrons. The highest BCUT2D eigenvalue weighted by molar-refractivity contribution is 7.99. The summed E-state index contributed by atoms with van der Waals surface area (Å²) < 4.78 is 5.13. The van der Waals surface area contributed by atoms with Gasteiger partial charge in [-0.2, -0.15) is 11.8 Å². The Bertz CT molecular complexity index is 351. The molecule has 3 nitrogen and oxygen atoms in total. The van der Waals surface area contributed by atoms with Crippen LogP contribution in [0.3, 0.4) is 0 Å². The molecule has 1 aromatic rings. The van der Waals surface area contributed by atoms with Crippen LogP contribution in [0.25, 0.3) is 0 Å². The first kappa shape index (κ1) is 11.3. The number of hydrogen-bond acceptors (Lipinski definition) is 4. The largest absolute Gasteiger partial charge is 0.497 e. The van der Waals surface area contributed by atoms with Gasteiger partial charge in [-0.3, -0.25) is 4.99 Å². The van der Waals surface area contributed by atoms with Gasteiger partial charge in [0.25, 0.3) is 0 Å². The lowest BCUT2D eigenvalue weighted by molar-refractivity contribution is 0.414. The lowest BCUT2D eigenvalue weighted by Crippen LogP contribution is -2.30. The van der Waals surface area contributed by atoms with Crippen molar-refractivity contribution in [1.29, 1.82) is 0 Å². The van der Waals surface area contributed by atoms with E-state index in [1.54, 1.807) is 13.4 Å². The first-order chi connectivity index (χ1) is 7.88. The van der Waals surface area contributed by atoms with Crippen molar-refractivity contribution < 1.29 is 4.74 Å². The normalized spacial score (nSPS) is 19.2. The van der Waals surface area contributed by atoms with E-state index in [1.165, 1.54) is 5.56 Å². The van der Waals surface area contributed by atoms with E-state index in [9.17, 15) is 0 Å². The quantitative estimate of drug-likeness (QED) is 0.867. The predicted molar refractivity (Wildman–Crippen MR) is 69.4 cm³/mol. The van der Waals surface area contributed by atoms with Gasteiger partial charge in [0.15, 0.2) is 0 Å². The molecule has 0 spiro atoms. The van der Waals surface area contributed by atoms with Crippen LogP contribution in [0.1, 0.15) is 5.56 Å². The molecule has 1 heterocycles. The maximum absolute atomic E-state index is 5.13. The molecule has 1 aromatic carbocycles. The van der Waals surface area contributed by atoms with Gasteiger partial charge in [-0.05, 0) is 17.7 Å². The molecule has 0 bridgehead atoms. The highest BCUT2D eigenvalue weighted by Crippen LogP contribution is 2.20. The van der Waals surface area contributed by atoms with Crippen molar-refractivity contribution in [3.05, 3.63) is 29.8 Å². The van der Waals surface area contributed by atoms with Crippen molar-refractivity contribution in [3.8, 4) is 5.75 Å². The molecule has 0 aliphatic carbocycles. The standard InChI is InChI=1S/C12H16N2OS/c1-15-11-4-2-10(3-5-11)8-16-12-6-13-9-14-7-12/h2-5,9,12H,6-8H2,1H3,(H,13,14). The van der Waals surface area contributed by atoms with E-state index in [0.717, 1.165) is 24.6 Å². The second kappa shape index (κ2) is 5.80. The van der Waals surface area contributed by atoms with Crippen molar-refractivity contribution in [3.63, 3.8) is 0 Å². The van der Waals surface area contributed by atoms with Crippen LogP contribution >= 0.6 is 11.8 Å². The summed E-state index contributed by atoms with van der Waals surface area (Å²) in [7, 11) is 1.69. The molecule has 1 aliphatic rings. The summed E-state index contributed by atoms with van der Waals surface area (Å²) in [6.45, 7) is 1.94. The van der Waals surface area contributed by atoms with Gasteiger partial charge in [-0.25, -0.2) is 0 Å². The van der Waals surface area contributed by atoms with Crippen LogP contribution in [0.15, 0.2) is 29.3 Å². The highest BCUT2D eigenvalue weighted by atomic mass is 32.2. The SMILES string of the molecule is COc1ccc(CSC2CN=CNC2)cc1. The molecule has 0 saturated heterocycles. The van der Waals surface area contributed by atoms with Crippen LogP contribution in [-0.4, -0.2) is 31.8 Å². The summed E-state index contributed by atoms with van der Waals surface area (Å²) in [5.74, 6) is 1.95. The van der Waals surface area contributed by atoms with E-state index in [1.807, 2.05) is 23.9 Å². The van der Waals surface area contributed by atoms with Gasteiger partial charge in [-0.1, -0.05) is 12.1 Å². The number of hydrogen-bond donors (Lipinski definition) is 1. The maximum atomic E-state index is 5.13. The third-order valence-corrected chi connectivity index (χ3v) is 3.77. The fourth-order valence-corrected chi connectivity index (χ4v) is 2.56. The Morgan fingerprint density at radius 2 is 2.25 bits per heavy atom. The maximum Gasteiger partial charge on any atom is 0.118 e. The number of methoxy groups -OCH3 is 1. The molecule has 0 amide bonds.